The average Bonchev–Trinajstić information content (AvgIpc) is 2.85. The van der Waals surface area contributed by atoms with Crippen LogP contribution in [0.4, 0.5) is 0 Å². The summed E-state index contributed by atoms with van der Waals surface area (Å²) in [6.45, 7) is 3.05. The highest BCUT2D eigenvalue weighted by atomic mass is 14.9. The molecule has 0 radical (unpaired) electrons. The SMILES string of the molecule is NCC1CCNCC1c1ccc2c(c1)CCC2. The number of piperidine rings is 1. The van der Waals surface area contributed by atoms with Gasteiger partial charge in [-0.05, 0) is 61.4 Å². The molecule has 17 heavy (non-hydrogen) atoms. The summed E-state index contributed by atoms with van der Waals surface area (Å²) < 4.78 is 0. The number of aryl methyl sites for hydroxylation is 2. The summed E-state index contributed by atoms with van der Waals surface area (Å²) in [5, 5.41) is 3.51. The number of nitrogens with one attached hydrogen (secondary N) is 1. The second kappa shape index (κ2) is 4.79. The van der Waals surface area contributed by atoms with E-state index in [4.69, 9.17) is 5.73 Å². The average molecular weight is 230 g/mol. The Morgan fingerprint density at radius 3 is 3.00 bits per heavy atom. The van der Waals surface area contributed by atoms with Gasteiger partial charge in [-0.15, -0.1) is 0 Å². The molecule has 2 nitrogen and oxygen atoms in total. The molecule has 1 aromatic rings. The number of benzene rings is 1. The molecule has 1 aliphatic heterocycles. The van der Waals surface area contributed by atoms with E-state index in [0.717, 1.165) is 19.6 Å². The zero-order chi connectivity index (χ0) is 11.7. The van der Waals surface area contributed by atoms with Gasteiger partial charge in [0.05, 0.1) is 0 Å². The van der Waals surface area contributed by atoms with Crippen molar-refractivity contribution in [3.8, 4) is 0 Å². The summed E-state index contributed by atoms with van der Waals surface area (Å²) >= 11 is 0. The van der Waals surface area contributed by atoms with Crippen LogP contribution in [0.5, 0.6) is 0 Å². The van der Waals surface area contributed by atoms with E-state index in [-0.39, 0.29) is 0 Å². The van der Waals surface area contributed by atoms with Crippen molar-refractivity contribution in [2.45, 2.75) is 31.6 Å². The smallest absolute Gasteiger partial charge is 0.00233 e. The lowest BCUT2D eigenvalue weighted by atomic mass is 9.81. The fraction of sp³-hybridized carbons (Fsp3) is 0.600. The van der Waals surface area contributed by atoms with Crippen molar-refractivity contribution >= 4 is 0 Å². The van der Waals surface area contributed by atoms with E-state index in [1.54, 1.807) is 11.1 Å². The van der Waals surface area contributed by atoms with Gasteiger partial charge >= 0.3 is 0 Å². The maximum atomic E-state index is 5.92. The highest BCUT2D eigenvalue weighted by Crippen LogP contribution is 2.32. The van der Waals surface area contributed by atoms with Crippen LogP contribution in [0.2, 0.25) is 0 Å². The number of nitrogens with two attached hydrogens (primary N) is 1. The zero-order valence-electron chi connectivity index (χ0n) is 10.4. The Kier molecular flexibility index (Phi) is 3.17. The number of fused-ring (bicyclic) bond motifs is 1. The second-order valence-electron chi connectivity index (χ2n) is 5.48. The van der Waals surface area contributed by atoms with Crippen LogP contribution in [0, 0.1) is 5.92 Å². The molecular formula is C15H22N2. The van der Waals surface area contributed by atoms with E-state index < -0.39 is 0 Å². The van der Waals surface area contributed by atoms with Gasteiger partial charge in [0.2, 0.25) is 0 Å². The first-order chi connectivity index (χ1) is 8.38. The normalized spacial score (nSPS) is 28.1. The summed E-state index contributed by atoms with van der Waals surface area (Å²) in [6, 6.07) is 7.13. The van der Waals surface area contributed by atoms with E-state index in [2.05, 4.69) is 23.5 Å². The lowest BCUT2D eigenvalue weighted by molar-refractivity contribution is 0.331. The van der Waals surface area contributed by atoms with Crippen LogP contribution in [0.25, 0.3) is 0 Å². The third-order valence-electron chi connectivity index (χ3n) is 4.48. The van der Waals surface area contributed by atoms with Crippen molar-refractivity contribution in [1.82, 2.24) is 5.32 Å². The van der Waals surface area contributed by atoms with Gasteiger partial charge in [-0.25, -0.2) is 0 Å². The highest BCUT2D eigenvalue weighted by Gasteiger charge is 2.26. The molecule has 1 aliphatic carbocycles. The van der Waals surface area contributed by atoms with Crippen molar-refractivity contribution in [1.29, 1.82) is 0 Å². The molecule has 1 aromatic carbocycles. The molecule has 2 aliphatic rings. The molecule has 0 saturated carbocycles. The molecule has 3 rings (SSSR count). The van der Waals surface area contributed by atoms with Gasteiger partial charge < -0.3 is 11.1 Å². The monoisotopic (exact) mass is 230 g/mol. The van der Waals surface area contributed by atoms with Gasteiger partial charge in [-0.3, -0.25) is 0 Å². The summed E-state index contributed by atoms with van der Waals surface area (Å²) in [4.78, 5) is 0. The van der Waals surface area contributed by atoms with Crippen LogP contribution in [0.3, 0.4) is 0 Å². The van der Waals surface area contributed by atoms with Crippen LogP contribution in [-0.2, 0) is 12.8 Å². The molecule has 0 amide bonds. The third-order valence-corrected chi connectivity index (χ3v) is 4.48. The van der Waals surface area contributed by atoms with Gasteiger partial charge in [0.25, 0.3) is 0 Å². The van der Waals surface area contributed by atoms with Crippen LogP contribution >= 0.6 is 0 Å². The molecule has 92 valence electrons. The van der Waals surface area contributed by atoms with Crippen molar-refractivity contribution < 1.29 is 0 Å². The first-order valence-electron chi connectivity index (χ1n) is 6.91. The summed E-state index contributed by atoms with van der Waals surface area (Å²) in [5.74, 6) is 1.29. The molecule has 2 unspecified atom stereocenters. The Morgan fingerprint density at radius 1 is 1.24 bits per heavy atom. The fourth-order valence-corrected chi connectivity index (χ4v) is 3.41. The predicted molar refractivity (Wildman–Crippen MR) is 71.2 cm³/mol. The summed E-state index contributed by atoms with van der Waals surface area (Å²) in [6.07, 6.45) is 5.11. The molecule has 2 atom stereocenters. The van der Waals surface area contributed by atoms with Crippen molar-refractivity contribution in [3.05, 3.63) is 34.9 Å². The van der Waals surface area contributed by atoms with Gasteiger partial charge in [-0.2, -0.15) is 0 Å². The van der Waals surface area contributed by atoms with Crippen molar-refractivity contribution in [2.24, 2.45) is 11.7 Å². The Bertz CT molecular complexity index is 400. The number of hydrogen-bond donors (Lipinski definition) is 2. The van der Waals surface area contributed by atoms with Gasteiger partial charge in [0, 0.05) is 12.5 Å². The Hall–Kier alpha value is -0.860. The third kappa shape index (κ3) is 2.12. The maximum Gasteiger partial charge on any atom is 0.00233 e. The van der Waals surface area contributed by atoms with E-state index in [1.165, 1.54) is 31.2 Å². The van der Waals surface area contributed by atoms with E-state index in [9.17, 15) is 0 Å². The lowest BCUT2D eigenvalue weighted by Crippen LogP contribution is -2.38. The molecule has 3 N–H and O–H groups in total. The van der Waals surface area contributed by atoms with E-state index >= 15 is 0 Å². The summed E-state index contributed by atoms with van der Waals surface area (Å²) in [7, 11) is 0. The quantitative estimate of drug-likeness (QED) is 0.813. The Balaban J connectivity index is 1.87. The number of rotatable bonds is 2. The van der Waals surface area contributed by atoms with Gasteiger partial charge in [0.1, 0.15) is 0 Å². The first kappa shape index (κ1) is 11.2. The lowest BCUT2D eigenvalue weighted by Gasteiger charge is -2.32. The minimum absolute atomic E-state index is 0.625. The molecule has 0 aromatic heterocycles. The fourth-order valence-electron chi connectivity index (χ4n) is 3.41. The molecule has 2 heteroatoms. The predicted octanol–water partition coefficient (Wildman–Crippen LogP) is 1.83. The first-order valence-corrected chi connectivity index (χ1v) is 6.91. The van der Waals surface area contributed by atoms with Gasteiger partial charge in [-0.1, -0.05) is 18.2 Å². The minimum Gasteiger partial charge on any atom is -0.330 e. The van der Waals surface area contributed by atoms with Crippen LogP contribution in [-0.4, -0.2) is 19.6 Å². The van der Waals surface area contributed by atoms with Gasteiger partial charge in [0.15, 0.2) is 0 Å². The van der Waals surface area contributed by atoms with Crippen LogP contribution < -0.4 is 11.1 Å². The second-order valence-corrected chi connectivity index (χ2v) is 5.48. The zero-order valence-corrected chi connectivity index (χ0v) is 10.4. The molecular weight excluding hydrogens is 208 g/mol. The van der Waals surface area contributed by atoms with E-state index in [1.807, 2.05) is 0 Å². The molecule has 0 bridgehead atoms. The standard InChI is InChI=1S/C15H22N2/c16-9-14-6-7-17-10-15(14)13-5-4-11-2-1-3-12(11)8-13/h4-5,8,14-15,17H,1-3,6-7,9-10,16H2. The Labute approximate surface area is 104 Å². The minimum atomic E-state index is 0.625. The molecule has 1 fully saturated rings. The van der Waals surface area contributed by atoms with Crippen LogP contribution in [0.15, 0.2) is 18.2 Å². The van der Waals surface area contributed by atoms with Crippen molar-refractivity contribution in [3.63, 3.8) is 0 Å². The Morgan fingerprint density at radius 2 is 2.12 bits per heavy atom. The largest absolute Gasteiger partial charge is 0.330 e. The molecule has 0 spiro atoms. The van der Waals surface area contributed by atoms with Crippen LogP contribution in [0.1, 0.15) is 35.4 Å². The molecule has 1 heterocycles. The van der Waals surface area contributed by atoms with E-state index in [0.29, 0.717) is 11.8 Å². The van der Waals surface area contributed by atoms with Crippen molar-refractivity contribution in [2.75, 3.05) is 19.6 Å². The highest BCUT2D eigenvalue weighted by molar-refractivity contribution is 5.37. The number of hydrogen-bond acceptors (Lipinski definition) is 2. The topological polar surface area (TPSA) is 38.0 Å². The maximum absolute atomic E-state index is 5.92. The molecule has 1 saturated heterocycles. The summed E-state index contributed by atoms with van der Waals surface area (Å²) in [5.41, 5.74) is 10.6.